The molecule has 0 aromatic carbocycles. The van der Waals surface area contributed by atoms with Crippen LogP contribution in [0.3, 0.4) is 0 Å². The molecule has 0 saturated heterocycles. The summed E-state index contributed by atoms with van der Waals surface area (Å²) in [5.74, 6) is 0.684. The Labute approximate surface area is 110 Å². The van der Waals surface area contributed by atoms with Crippen LogP contribution in [0.15, 0.2) is 11.7 Å². The molecule has 3 nitrogen and oxygen atoms in total. The Balaban J connectivity index is 2.04. The predicted octanol–water partition coefficient (Wildman–Crippen LogP) is 3.32. The molecular formula is C12H17N3S2. The highest BCUT2D eigenvalue weighted by molar-refractivity contribution is 7.20. The fourth-order valence-electron chi connectivity index (χ4n) is 1.49. The van der Waals surface area contributed by atoms with E-state index in [0.717, 1.165) is 28.7 Å². The van der Waals surface area contributed by atoms with Crippen LogP contribution < -0.4 is 5.32 Å². The molecule has 0 atom stereocenters. The van der Waals surface area contributed by atoms with Gasteiger partial charge >= 0.3 is 0 Å². The molecule has 0 aliphatic carbocycles. The summed E-state index contributed by atoms with van der Waals surface area (Å²) in [4.78, 5) is 11.2. The minimum atomic E-state index is 0.684. The lowest BCUT2D eigenvalue weighted by atomic mass is 10.2. The third kappa shape index (κ3) is 3.34. The summed E-state index contributed by atoms with van der Waals surface area (Å²) in [5, 5.41) is 4.55. The van der Waals surface area contributed by atoms with E-state index in [4.69, 9.17) is 0 Å². The molecule has 0 fully saturated rings. The van der Waals surface area contributed by atoms with Crippen molar-refractivity contribution in [1.29, 1.82) is 0 Å². The number of hydrogen-bond donors (Lipinski definition) is 1. The van der Waals surface area contributed by atoms with Gasteiger partial charge in [-0.25, -0.2) is 4.98 Å². The Morgan fingerprint density at radius 3 is 2.88 bits per heavy atom. The minimum absolute atomic E-state index is 0.684. The van der Waals surface area contributed by atoms with Crippen LogP contribution in [0.4, 0.5) is 0 Å². The number of nitrogens with zero attached hydrogens (tertiary/aromatic N) is 2. The van der Waals surface area contributed by atoms with Gasteiger partial charge in [-0.3, -0.25) is 4.98 Å². The number of nitrogens with one attached hydrogen (secondary N) is 1. The molecule has 2 aromatic heterocycles. The van der Waals surface area contributed by atoms with E-state index < -0.39 is 0 Å². The average Bonchev–Trinajstić information content (AvgIpc) is 2.87. The van der Waals surface area contributed by atoms with Gasteiger partial charge in [0, 0.05) is 17.6 Å². The van der Waals surface area contributed by atoms with Gasteiger partial charge in [0.1, 0.15) is 5.01 Å². The number of aryl methyl sites for hydroxylation is 1. The molecule has 0 aliphatic rings. The van der Waals surface area contributed by atoms with E-state index in [-0.39, 0.29) is 0 Å². The van der Waals surface area contributed by atoms with Crippen LogP contribution in [0.25, 0.3) is 9.88 Å². The first-order valence-corrected chi connectivity index (χ1v) is 7.42. The van der Waals surface area contributed by atoms with Gasteiger partial charge < -0.3 is 5.32 Å². The summed E-state index contributed by atoms with van der Waals surface area (Å²) in [6, 6.07) is 0. The lowest BCUT2D eigenvalue weighted by Gasteiger charge is -2.05. The smallest absolute Gasteiger partial charge is 0.135 e. The summed E-state index contributed by atoms with van der Waals surface area (Å²) >= 11 is 3.41. The minimum Gasteiger partial charge on any atom is -0.312 e. The molecule has 0 bridgehead atoms. The first-order valence-electron chi connectivity index (χ1n) is 5.72. The van der Waals surface area contributed by atoms with Crippen LogP contribution in [0.1, 0.15) is 24.4 Å². The monoisotopic (exact) mass is 267 g/mol. The molecule has 2 heterocycles. The molecule has 17 heavy (non-hydrogen) atoms. The van der Waals surface area contributed by atoms with E-state index in [9.17, 15) is 0 Å². The molecule has 5 heteroatoms. The van der Waals surface area contributed by atoms with Crippen LogP contribution in [0.5, 0.6) is 0 Å². The second-order valence-electron chi connectivity index (χ2n) is 4.42. The predicted molar refractivity (Wildman–Crippen MR) is 74.5 cm³/mol. The number of hydrogen-bond acceptors (Lipinski definition) is 5. The first-order chi connectivity index (χ1) is 8.16. The average molecular weight is 267 g/mol. The van der Waals surface area contributed by atoms with Crippen LogP contribution >= 0.6 is 22.7 Å². The molecule has 0 amide bonds. The summed E-state index contributed by atoms with van der Waals surface area (Å²) in [7, 11) is 0. The van der Waals surface area contributed by atoms with Crippen LogP contribution in [-0.4, -0.2) is 16.5 Å². The van der Waals surface area contributed by atoms with Gasteiger partial charge in [-0.05, 0) is 19.4 Å². The van der Waals surface area contributed by atoms with Gasteiger partial charge in [0.2, 0.25) is 0 Å². The highest BCUT2D eigenvalue weighted by atomic mass is 32.1. The van der Waals surface area contributed by atoms with E-state index in [1.165, 1.54) is 4.88 Å². The standard InChI is InChI=1S/C12H17N3S2/c1-8(2)4-13-5-10-9(3)15-12(17-10)11-6-14-7-16-11/h6-8,13H,4-5H2,1-3H3. The van der Waals surface area contributed by atoms with Gasteiger partial charge in [0.25, 0.3) is 0 Å². The third-order valence-electron chi connectivity index (χ3n) is 2.37. The fourth-order valence-corrected chi connectivity index (χ4v) is 3.20. The van der Waals surface area contributed by atoms with Gasteiger partial charge in [-0.2, -0.15) is 0 Å². The SMILES string of the molecule is Cc1nc(-c2cncs2)sc1CNCC(C)C. The Hall–Kier alpha value is -0.780. The maximum atomic E-state index is 4.60. The Morgan fingerprint density at radius 1 is 1.41 bits per heavy atom. The van der Waals surface area contributed by atoms with Crippen molar-refractivity contribution in [3.05, 3.63) is 22.3 Å². The maximum absolute atomic E-state index is 4.60. The zero-order valence-corrected chi connectivity index (χ0v) is 12.0. The molecule has 0 unspecified atom stereocenters. The topological polar surface area (TPSA) is 37.8 Å². The molecule has 1 N–H and O–H groups in total. The zero-order chi connectivity index (χ0) is 12.3. The quantitative estimate of drug-likeness (QED) is 0.903. The van der Waals surface area contributed by atoms with Gasteiger partial charge in [0.15, 0.2) is 0 Å². The van der Waals surface area contributed by atoms with Crippen molar-refractivity contribution >= 4 is 22.7 Å². The molecule has 0 aliphatic heterocycles. The van der Waals surface area contributed by atoms with Crippen LogP contribution in [-0.2, 0) is 6.54 Å². The lowest BCUT2D eigenvalue weighted by molar-refractivity contribution is 0.554. The largest absolute Gasteiger partial charge is 0.312 e. The maximum Gasteiger partial charge on any atom is 0.135 e. The Bertz CT molecular complexity index is 460. The second kappa shape index (κ2) is 5.71. The highest BCUT2D eigenvalue weighted by Crippen LogP contribution is 2.30. The Kier molecular flexibility index (Phi) is 4.25. The van der Waals surface area contributed by atoms with Crippen LogP contribution in [0.2, 0.25) is 0 Å². The molecule has 0 radical (unpaired) electrons. The van der Waals surface area contributed by atoms with Crippen molar-refractivity contribution in [3.8, 4) is 9.88 Å². The number of thiazole rings is 2. The first kappa shape index (κ1) is 12.7. The second-order valence-corrected chi connectivity index (χ2v) is 6.39. The van der Waals surface area contributed by atoms with Crippen molar-refractivity contribution in [2.24, 2.45) is 5.92 Å². The summed E-state index contributed by atoms with van der Waals surface area (Å²) in [6.07, 6.45) is 1.88. The number of aromatic nitrogens is 2. The van der Waals surface area contributed by atoms with Crippen molar-refractivity contribution in [2.45, 2.75) is 27.3 Å². The van der Waals surface area contributed by atoms with E-state index in [1.807, 2.05) is 11.7 Å². The Morgan fingerprint density at radius 2 is 2.24 bits per heavy atom. The number of rotatable bonds is 5. The molecule has 0 saturated carbocycles. The van der Waals surface area contributed by atoms with Crippen LogP contribution in [0, 0.1) is 12.8 Å². The highest BCUT2D eigenvalue weighted by Gasteiger charge is 2.10. The van der Waals surface area contributed by atoms with Gasteiger partial charge in [-0.1, -0.05) is 13.8 Å². The van der Waals surface area contributed by atoms with Gasteiger partial charge in [0.05, 0.1) is 16.1 Å². The molecule has 92 valence electrons. The van der Waals surface area contributed by atoms with Crippen molar-refractivity contribution in [2.75, 3.05) is 6.54 Å². The van der Waals surface area contributed by atoms with Crippen molar-refractivity contribution in [3.63, 3.8) is 0 Å². The zero-order valence-electron chi connectivity index (χ0n) is 10.4. The molecule has 2 aromatic rings. The van der Waals surface area contributed by atoms with Crippen molar-refractivity contribution in [1.82, 2.24) is 15.3 Å². The summed E-state index contributed by atoms with van der Waals surface area (Å²) in [6.45, 7) is 8.48. The third-order valence-corrected chi connectivity index (χ3v) is 4.47. The van der Waals surface area contributed by atoms with E-state index in [1.54, 1.807) is 22.7 Å². The lowest BCUT2D eigenvalue weighted by Crippen LogP contribution is -2.18. The molecule has 2 rings (SSSR count). The fraction of sp³-hybridized carbons (Fsp3) is 0.500. The van der Waals surface area contributed by atoms with E-state index in [0.29, 0.717) is 5.92 Å². The van der Waals surface area contributed by atoms with Gasteiger partial charge in [-0.15, -0.1) is 22.7 Å². The molecule has 0 spiro atoms. The van der Waals surface area contributed by atoms with E-state index in [2.05, 4.69) is 36.1 Å². The summed E-state index contributed by atoms with van der Waals surface area (Å²) in [5.41, 5.74) is 2.98. The summed E-state index contributed by atoms with van der Waals surface area (Å²) < 4.78 is 0. The van der Waals surface area contributed by atoms with Crippen molar-refractivity contribution < 1.29 is 0 Å². The van der Waals surface area contributed by atoms with E-state index >= 15 is 0 Å². The normalized spacial score (nSPS) is 11.3. The molecular weight excluding hydrogens is 250 g/mol.